The molecule has 1 heterocycles. The molecule has 0 spiro atoms. The van der Waals surface area contributed by atoms with E-state index in [1.165, 1.54) is 0 Å². The molecule has 4 atom stereocenters. The van der Waals surface area contributed by atoms with Gasteiger partial charge in [-0.05, 0) is 24.6 Å². The van der Waals surface area contributed by atoms with Gasteiger partial charge >= 0.3 is 0 Å². The van der Waals surface area contributed by atoms with Gasteiger partial charge in [0.2, 0.25) is 0 Å². The lowest BCUT2D eigenvalue weighted by atomic mass is 9.98. The summed E-state index contributed by atoms with van der Waals surface area (Å²) in [4.78, 5) is 0. The molecule has 0 saturated carbocycles. The van der Waals surface area contributed by atoms with Gasteiger partial charge in [0.25, 0.3) is 0 Å². The molecular weight excluding hydrogens is 272 g/mol. The first-order valence-electron chi connectivity index (χ1n) is 7.64. The van der Waals surface area contributed by atoms with Gasteiger partial charge in [-0.1, -0.05) is 27.7 Å². The third kappa shape index (κ3) is 5.82. The second-order valence-electron chi connectivity index (χ2n) is 7.70. The Morgan fingerprint density at radius 1 is 1.30 bits per heavy atom. The van der Waals surface area contributed by atoms with Crippen molar-refractivity contribution in [3.8, 4) is 0 Å². The largest absolute Gasteiger partial charge is 0.416 e. The van der Waals surface area contributed by atoms with E-state index >= 15 is 0 Å². The summed E-state index contributed by atoms with van der Waals surface area (Å²) < 4.78 is 11.2. The van der Waals surface area contributed by atoms with Crippen molar-refractivity contribution < 1.29 is 19.4 Å². The van der Waals surface area contributed by atoms with E-state index in [0.29, 0.717) is 19.4 Å². The van der Waals surface area contributed by atoms with Crippen LogP contribution < -0.4 is 0 Å². The Morgan fingerprint density at radius 3 is 2.30 bits per heavy atom. The maximum atomic E-state index is 10.2. The third-order valence-electron chi connectivity index (χ3n) is 4.62. The van der Waals surface area contributed by atoms with Crippen LogP contribution in [0.2, 0.25) is 18.1 Å². The van der Waals surface area contributed by atoms with Crippen molar-refractivity contribution in [3.05, 3.63) is 0 Å². The minimum atomic E-state index is -1.76. The van der Waals surface area contributed by atoms with Crippen LogP contribution in [0, 0.1) is 5.92 Å². The highest BCUT2D eigenvalue weighted by atomic mass is 28.4. The van der Waals surface area contributed by atoms with Crippen molar-refractivity contribution in [3.63, 3.8) is 0 Å². The number of epoxide rings is 1. The van der Waals surface area contributed by atoms with Crippen molar-refractivity contribution in [1.82, 2.24) is 0 Å². The number of hydrogen-bond acceptors (Lipinski definition) is 4. The first-order chi connectivity index (χ1) is 9.03. The van der Waals surface area contributed by atoms with Gasteiger partial charge in [0.15, 0.2) is 8.32 Å². The van der Waals surface area contributed by atoms with Gasteiger partial charge in [0.05, 0.1) is 24.9 Å². The van der Waals surface area contributed by atoms with Crippen molar-refractivity contribution in [2.45, 2.75) is 77.0 Å². The van der Waals surface area contributed by atoms with E-state index in [1.54, 1.807) is 0 Å². The molecule has 5 heteroatoms. The Kier molecular flexibility index (Phi) is 6.23. The van der Waals surface area contributed by atoms with Gasteiger partial charge in [0, 0.05) is 18.9 Å². The lowest BCUT2D eigenvalue weighted by Gasteiger charge is -2.37. The molecule has 2 N–H and O–H groups in total. The molecule has 4 nitrogen and oxygen atoms in total. The third-order valence-corrected chi connectivity index (χ3v) is 9.12. The van der Waals surface area contributed by atoms with Gasteiger partial charge in [-0.25, -0.2) is 0 Å². The molecule has 1 aliphatic rings. The fraction of sp³-hybridized carbons (Fsp3) is 1.00. The van der Waals surface area contributed by atoms with Crippen LogP contribution in [-0.2, 0) is 9.16 Å². The minimum absolute atomic E-state index is 0.0406. The van der Waals surface area contributed by atoms with Crippen LogP contribution in [0.5, 0.6) is 0 Å². The van der Waals surface area contributed by atoms with Gasteiger partial charge in [-0.3, -0.25) is 0 Å². The summed E-state index contributed by atoms with van der Waals surface area (Å²) in [5.41, 5.74) is 0. The zero-order valence-electron chi connectivity index (χ0n) is 13.8. The first kappa shape index (κ1) is 18.1. The van der Waals surface area contributed by atoms with Crippen LogP contribution in [0.15, 0.2) is 0 Å². The number of aliphatic hydroxyl groups is 2. The van der Waals surface area contributed by atoms with Gasteiger partial charge < -0.3 is 19.4 Å². The molecule has 0 radical (unpaired) electrons. The summed E-state index contributed by atoms with van der Waals surface area (Å²) >= 11 is 0. The molecule has 1 saturated heterocycles. The smallest absolute Gasteiger partial charge is 0.191 e. The molecule has 0 bridgehead atoms. The van der Waals surface area contributed by atoms with Crippen LogP contribution in [0.1, 0.15) is 40.5 Å². The van der Waals surface area contributed by atoms with E-state index in [0.717, 1.165) is 6.61 Å². The maximum Gasteiger partial charge on any atom is 0.191 e. The van der Waals surface area contributed by atoms with E-state index in [2.05, 4.69) is 33.9 Å². The van der Waals surface area contributed by atoms with Crippen molar-refractivity contribution in [1.29, 1.82) is 0 Å². The van der Waals surface area contributed by atoms with E-state index < -0.39 is 20.5 Å². The fourth-order valence-corrected chi connectivity index (χ4v) is 2.89. The summed E-state index contributed by atoms with van der Waals surface area (Å²) in [5, 5.41) is 20.2. The molecule has 1 rings (SSSR count). The Hall–Kier alpha value is 0.0569. The van der Waals surface area contributed by atoms with Crippen molar-refractivity contribution >= 4 is 8.32 Å². The second-order valence-corrected chi connectivity index (χ2v) is 12.5. The lowest BCUT2D eigenvalue weighted by Crippen LogP contribution is -2.43. The highest BCUT2D eigenvalue weighted by molar-refractivity contribution is 6.74. The van der Waals surface area contributed by atoms with Crippen molar-refractivity contribution in [2.24, 2.45) is 5.92 Å². The summed E-state index contributed by atoms with van der Waals surface area (Å²) in [6.45, 7) is 14.3. The van der Waals surface area contributed by atoms with Crippen LogP contribution in [0.3, 0.4) is 0 Å². The van der Waals surface area contributed by atoms with Crippen LogP contribution in [0.25, 0.3) is 0 Å². The van der Waals surface area contributed by atoms with Crippen LogP contribution in [-0.4, -0.2) is 50.1 Å². The van der Waals surface area contributed by atoms with Gasteiger partial charge in [0.1, 0.15) is 0 Å². The zero-order valence-corrected chi connectivity index (χ0v) is 14.8. The predicted octanol–water partition coefficient (Wildman–Crippen LogP) is 2.55. The minimum Gasteiger partial charge on any atom is -0.416 e. The molecule has 20 heavy (non-hydrogen) atoms. The van der Waals surface area contributed by atoms with Crippen LogP contribution in [0.4, 0.5) is 0 Å². The molecular formula is C15H32O4Si. The lowest BCUT2D eigenvalue weighted by molar-refractivity contribution is 0.0262. The Morgan fingerprint density at radius 2 is 1.85 bits per heavy atom. The molecule has 0 aromatic carbocycles. The average molecular weight is 305 g/mol. The molecule has 0 aromatic rings. The first-order valence-corrected chi connectivity index (χ1v) is 10.6. The van der Waals surface area contributed by atoms with E-state index in [9.17, 15) is 10.2 Å². The monoisotopic (exact) mass is 304 g/mol. The van der Waals surface area contributed by atoms with Gasteiger partial charge in [-0.2, -0.15) is 0 Å². The number of rotatable bonds is 8. The molecule has 1 fully saturated rings. The molecule has 1 aliphatic heterocycles. The Balaban J connectivity index is 2.31. The normalized spacial score (nSPS) is 24.3. The number of aliphatic hydroxyl groups excluding tert-OH is 2. The van der Waals surface area contributed by atoms with Crippen LogP contribution >= 0.6 is 0 Å². The highest BCUT2D eigenvalue weighted by Crippen LogP contribution is 2.37. The summed E-state index contributed by atoms with van der Waals surface area (Å²) in [6, 6.07) is 0. The highest BCUT2D eigenvalue weighted by Gasteiger charge is 2.37. The molecule has 0 amide bonds. The summed E-state index contributed by atoms with van der Waals surface area (Å²) in [7, 11) is -1.76. The standard InChI is InChI=1S/C15H32O4Si/c1-11(9-19-20(5,6)15(2,3)4)14(17)8-12(16)7-13-10-18-13/h11-14,16-17H,7-10H2,1-6H3/t11-,12-,13-,14-/m0/s1. The molecule has 0 aromatic heterocycles. The van der Waals surface area contributed by atoms with E-state index in [1.807, 2.05) is 6.92 Å². The van der Waals surface area contributed by atoms with E-state index in [4.69, 9.17) is 9.16 Å². The topological polar surface area (TPSA) is 62.2 Å². The molecule has 0 aliphatic carbocycles. The predicted molar refractivity (Wildman–Crippen MR) is 83.3 cm³/mol. The second kappa shape index (κ2) is 6.88. The zero-order chi connectivity index (χ0) is 15.6. The average Bonchev–Trinajstić information content (AvgIpc) is 3.07. The molecule has 0 unspecified atom stereocenters. The Bertz CT molecular complexity index is 297. The quantitative estimate of drug-likeness (QED) is 0.534. The Labute approximate surface area is 124 Å². The number of ether oxygens (including phenoxy) is 1. The fourth-order valence-electron chi connectivity index (χ4n) is 1.78. The summed E-state index contributed by atoms with van der Waals surface area (Å²) in [6.07, 6.45) is 0.242. The number of hydrogen-bond donors (Lipinski definition) is 2. The summed E-state index contributed by atoms with van der Waals surface area (Å²) in [5.74, 6) is 0.0406. The van der Waals surface area contributed by atoms with Crippen molar-refractivity contribution in [2.75, 3.05) is 13.2 Å². The maximum absolute atomic E-state index is 10.2. The van der Waals surface area contributed by atoms with Gasteiger partial charge in [-0.15, -0.1) is 0 Å². The molecule has 120 valence electrons. The van der Waals surface area contributed by atoms with E-state index in [-0.39, 0.29) is 17.1 Å². The SMILES string of the molecule is C[C@@H](CO[Si](C)(C)C(C)(C)C)[C@@H](O)C[C@@H](O)C[C@H]1CO1.